The van der Waals surface area contributed by atoms with E-state index < -0.39 is 17.7 Å². The molecule has 0 radical (unpaired) electrons. The summed E-state index contributed by atoms with van der Waals surface area (Å²) in [4.78, 5) is 29.2. The smallest absolute Gasteiger partial charge is 0.290 e. The van der Waals surface area contributed by atoms with E-state index in [9.17, 15) is 14.7 Å². The van der Waals surface area contributed by atoms with Crippen LogP contribution in [0.15, 0.2) is 35.6 Å². The lowest BCUT2D eigenvalue weighted by Gasteiger charge is -2.27. The number of ketones is 1. The van der Waals surface area contributed by atoms with E-state index in [1.165, 1.54) is 11.8 Å². The zero-order valence-electron chi connectivity index (χ0n) is 15.0. The second-order valence-corrected chi connectivity index (χ2v) is 6.66. The fourth-order valence-electron chi connectivity index (χ4n) is 2.89. The Bertz CT molecular complexity index is 663. The Balaban J connectivity index is 2.42. The van der Waals surface area contributed by atoms with Crippen molar-refractivity contribution < 1.29 is 19.6 Å². The molecule has 0 fully saturated rings. The van der Waals surface area contributed by atoms with Crippen molar-refractivity contribution in [2.45, 2.75) is 13.0 Å². The number of nitrogens with one attached hydrogen (secondary N) is 1. The minimum Gasteiger partial charge on any atom is -0.503 e. The monoisotopic (exact) mass is 332 g/mol. The maximum atomic E-state index is 12.4. The molecule has 0 spiro atoms. The second kappa shape index (κ2) is 7.05. The number of nitrogens with zero attached hydrogens (tertiary/aromatic N) is 2. The molecule has 1 atom stereocenters. The first-order chi connectivity index (χ1) is 11.2. The van der Waals surface area contributed by atoms with E-state index in [0.29, 0.717) is 6.54 Å². The van der Waals surface area contributed by atoms with Crippen molar-refractivity contribution in [2.24, 2.45) is 0 Å². The molecule has 0 unspecified atom stereocenters. The number of benzene rings is 1. The van der Waals surface area contributed by atoms with E-state index in [2.05, 4.69) is 0 Å². The van der Waals surface area contributed by atoms with E-state index in [1.807, 2.05) is 57.4 Å². The van der Waals surface area contributed by atoms with Crippen LogP contribution in [0.1, 0.15) is 18.5 Å². The van der Waals surface area contributed by atoms with Crippen LogP contribution in [0.5, 0.6) is 0 Å². The molecule has 1 aliphatic heterocycles. The van der Waals surface area contributed by atoms with Gasteiger partial charge in [-0.05, 0) is 24.6 Å². The van der Waals surface area contributed by atoms with Gasteiger partial charge in [-0.1, -0.05) is 12.1 Å². The molecule has 130 valence electrons. The lowest BCUT2D eigenvalue weighted by Crippen LogP contribution is -3.06. The summed E-state index contributed by atoms with van der Waals surface area (Å²) < 4.78 is 0. The first-order valence-corrected chi connectivity index (χ1v) is 8.05. The van der Waals surface area contributed by atoms with Gasteiger partial charge in [-0.3, -0.25) is 9.59 Å². The number of Topliss-reactive ketones (excluding diaryl/α,β-unsaturated/α-hetero) is 1. The third kappa shape index (κ3) is 3.43. The van der Waals surface area contributed by atoms with Gasteiger partial charge in [0.1, 0.15) is 0 Å². The van der Waals surface area contributed by atoms with Crippen LogP contribution >= 0.6 is 0 Å². The van der Waals surface area contributed by atoms with Gasteiger partial charge in [0.15, 0.2) is 11.5 Å². The van der Waals surface area contributed by atoms with E-state index in [1.54, 1.807) is 4.90 Å². The summed E-state index contributed by atoms with van der Waals surface area (Å²) in [5.41, 5.74) is 2.05. The van der Waals surface area contributed by atoms with Gasteiger partial charge in [0.25, 0.3) is 5.91 Å². The maximum Gasteiger partial charge on any atom is 0.290 e. The summed E-state index contributed by atoms with van der Waals surface area (Å²) in [6.07, 6.45) is 0. The number of amides is 1. The minimum absolute atomic E-state index is 0.186. The molecule has 6 heteroatoms. The Morgan fingerprint density at radius 1 is 1.25 bits per heavy atom. The summed E-state index contributed by atoms with van der Waals surface area (Å²) in [5.74, 6) is -1.16. The lowest BCUT2D eigenvalue weighted by molar-refractivity contribution is -0.857. The average molecular weight is 332 g/mol. The number of rotatable bonds is 6. The van der Waals surface area contributed by atoms with Crippen LogP contribution in [-0.4, -0.2) is 63.0 Å². The minimum atomic E-state index is -0.523. The van der Waals surface area contributed by atoms with Crippen LogP contribution in [0.2, 0.25) is 0 Å². The summed E-state index contributed by atoms with van der Waals surface area (Å²) in [5, 5.41) is 10.2. The quantitative estimate of drug-likeness (QED) is 0.780. The van der Waals surface area contributed by atoms with Crippen molar-refractivity contribution in [3.63, 3.8) is 0 Å². The van der Waals surface area contributed by atoms with Crippen LogP contribution in [0.3, 0.4) is 0 Å². The van der Waals surface area contributed by atoms with Gasteiger partial charge in [-0.15, -0.1) is 0 Å². The Morgan fingerprint density at radius 3 is 2.29 bits per heavy atom. The molecule has 1 amide bonds. The number of hydrogen-bond donors (Lipinski definition) is 2. The first kappa shape index (κ1) is 18.0. The van der Waals surface area contributed by atoms with Crippen molar-refractivity contribution in [1.29, 1.82) is 0 Å². The molecular formula is C18H26N3O3+. The summed E-state index contributed by atoms with van der Waals surface area (Å²) in [6, 6.07) is 7.19. The van der Waals surface area contributed by atoms with Crippen LogP contribution in [0, 0.1) is 0 Å². The average Bonchev–Trinajstić information content (AvgIpc) is 2.77. The van der Waals surface area contributed by atoms with Gasteiger partial charge in [0, 0.05) is 19.8 Å². The van der Waals surface area contributed by atoms with Crippen molar-refractivity contribution in [3.8, 4) is 0 Å². The van der Waals surface area contributed by atoms with Crippen LogP contribution in [0.4, 0.5) is 5.69 Å². The molecule has 0 saturated carbocycles. The third-order valence-electron chi connectivity index (χ3n) is 4.26. The topological polar surface area (TPSA) is 65.3 Å². The second-order valence-electron chi connectivity index (χ2n) is 6.66. The Hall–Kier alpha value is -2.34. The zero-order chi connectivity index (χ0) is 18.0. The number of hydrogen-bond acceptors (Lipinski definition) is 4. The van der Waals surface area contributed by atoms with E-state index in [4.69, 9.17) is 0 Å². The van der Waals surface area contributed by atoms with Crippen molar-refractivity contribution in [1.82, 2.24) is 4.90 Å². The number of quaternary nitrogens is 1. The molecule has 1 aromatic rings. The van der Waals surface area contributed by atoms with Gasteiger partial charge in [0.05, 0.1) is 38.8 Å². The SMILES string of the molecule is CC(=O)C1=C(O)C(=O)N(CC[NH+](C)C)[C@@H]1c1ccc(N(C)C)cc1. The molecular weight excluding hydrogens is 306 g/mol. The molecule has 24 heavy (non-hydrogen) atoms. The normalized spacial score (nSPS) is 17.8. The molecule has 1 heterocycles. The van der Waals surface area contributed by atoms with Gasteiger partial charge in [0.2, 0.25) is 0 Å². The predicted molar refractivity (Wildman–Crippen MR) is 93.2 cm³/mol. The van der Waals surface area contributed by atoms with Crippen LogP contribution in [0.25, 0.3) is 0 Å². The van der Waals surface area contributed by atoms with Gasteiger partial charge < -0.3 is 19.8 Å². The van der Waals surface area contributed by atoms with Crippen LogP contribution < -0.4 is 9.80 Å². The highest BCUT2D eigenvalue weighted by Gasteiger charge is 2.42. The molecule has 2 N–H and O–H groups in total. The van der Waals surface area contributed by atoms with Gasteiger partial charge >= 0.3 is 0 Å². The zero-order valence-corrected chi connectivity index (χ0v) is 15.0. The molecule has 6 nitrogen and oxygen atoms in total. The number of anilines is 1. The first-order valence-electron chi connectivity index (χ1n) is 8.05. The molecule has 0 aromatic heterocycles. The highest BCUT2D eigenvalue weighted by molar-refractivity contribution is 6.08. The number of carbonyl (C=O) groups is 2. The lowest BCUT2D eigenvalue weighted by atomic mass is 9.96. The number of aliphatic hydroxyl groups is 1. The Kier molecular flexibility index (Phi) is 5.29. The highest BCUT2D eigenvalue weighted by Crippen LogP contribution is 2.37. The Morgan fingerprint density at radius 2 is 1.83 bits per heavy atom. The molecule has 0 bridgehead atoms. The standard InChI is InChI=1S/C18H25N3O3/c1-12(22)15-16(13-6-8-14(9-7-13)20(4)5)21(11-10-19(2)3)18(24)17(15)23/h6-9,16,23H,10-11H2,1-5H3/p+1/t16-/m1/s1. The predicted octanol–water partition coefficient (Wildman–Crippen LogP) is 0.182. The summed E-state index contributed by atoms with van der Waals surface area (Å²) in [6.45, 7) is 2.60. The van der Waals surface area contributed by atoms with Crippen LogP contribution in [-0.2, 0) is 9.59 Å². The van der Waals surface area contributed by atoms with Gasteiger partial charge in [-0.25, -0.2) is 0 Å². The Labute approximate surface area is 143 Å². The fraction of sp³-hybridized carbons (Fsp3) is 0.444. The fourth-order valence-corrected chi connectivity index (χ4v) is 2.89. The highest BCUT2D eigenvalue weighted by atomic mass is 16.3. The molecule has 2 rings (SSSR count). The van der Waals surface area contributed by atoms with E-state index in [-0.39, 0.29) is 11.4 Å². The van der Waals surface area contributed by atoms with Crippen molar-refractivity contribution in [2.75, 3.05) is 46.2 Å². The number of likely N-dealkylation sites (N-methyl/N-ethyl adjacent to an activating group) is 1. The maximum absolute atomic E-state index is 12.4. The van der Waals surface area contributed by atoms with Crippen molar-refractivity contribution >= 4 is 17.4 Å². The van der Waals surface area contributed by atoms with E-state index >= 15 is 0 Å². The van der Waals surface area contributed by atoms with Crippen molar-refractivity contribution in [3.05, 3.63) is 41.2 Å². The number of carbonyl (C=O) groups excluding carboxylic acids is 2. The summed E-state index contributed by atoms with van der Waals surface area (Å²) >= 11 is 0. The van der Waals surface area contributed by atoms with Gasteiger partial charge in [-0.2, -0.15) is 0 Å². The summed E-state index contributed by atoms with van der Waals surface area (Å²) in [7, 11) is 7.90. The van der Waals surface area contributed by atoms with E-state index in [0.717, 1.165) is 17.8 Å². The largest absolute Gasteiger partial charge is 0.503 e. The number of aliphatic hydroxyl groups excluding tert-OH is 1. The molecule has 1 aromatic carbocycles. The molecule has 0 saturated heterocycles. The third-order valence-corrected chi connectivity index (χ3v) is 4.26. The molecule has 0 aliphatic carbocycles. The molecule has 1 aliphatic rings.